The van der Waals surface area contributed by atoms with Crippen LogP contribution < -0.4 is 10.9 Å². The highest BCUT2D eigenvalue weighted by atomic mass is 16.2. The van der Waals surface area contributed by atoms with E-state index in [0.29, 0.717) is 0 Å². The Labute approximate surface area is 129 Å². The first-order chi connectivity index (χ1) is 10.6. The minimum Gasteiger partial charge on any atom is -0.326 e. The van der Waals surface area contributed by atoms with Crippen molar-refractivity contribution in [3.05, 3.63) is 46.8 Å². The topological polar surface area (TPSA) is 64.0 Å². The summed E-state index contributed by atoms with van der Waals surface area (Å²) in [7, 11) is 1.63. The lowest BCUT2D eigenvalue weighted by Crippen LogP contribution is -2.20. The molecule has 0 radical (unpaired) electrons. The Morgan fingerprint density at radius 2 is 1.82 bits per heavy atom. The maximum Gasteiger partial charge on any atom is 0.266 e. The van der Waals surface area contributed by atoms with E-state index >= 15 is 0 Å². The molecule has 1 saturated carbocycles. The predicted molar refractivity (Wildman–Crippen MR) is 85.5 cm³/mol. The van der Waals surface area contributed by atoms with Gasteiger partial charge in [0.15, 0.2) is 0 Å². The number of benzene rings is 1. The second-order valence-electron chi connectivity index (χ2n) is 5.73. The van der Waals surface area contributed by atoms with Gasteiger partial charge in [-0.3, -0.25) is 9.59 Å². The molecular weight excluding hydrogens is 278 g/mol. The van der Waals surface area contributed by atoms with Crippen LogP contribution in [0, 0.1) is 5.92 Å². The summed E-state index contributed by atoms with van der Waals surface area (Å²) in [5.41, 5.74) is 2.31. The van der Waals surface area contributed by atoms with Gasteiger partial charge >= 0.3 is 0 Å². The molecule has 0 unspecified atom stereocenters. The number of nitrogens with one attached hydrogen (secondary N) is 1. The van der Waals surface area contributed by atoms with Crippen LogP contribution in [0.3, 0.4) is 0 Å². The molecule has 3 rings (SSSR count). The first kappa shape index (κ1) is 14.5. The summed E-state index contributed by atoms with van der Waals surface area (Å²) in [6, 6.07) is 10.7. The van der Waals surface area contributed by atoms with Gasteiger partial charge in [0.1, 0.15) is 0 Å². The third-order valence-electron chi connectivity index (χ3n) is 4.13. The average Bonchev–Trinajstić information content (AvgIpc) is 3.05. The van der Waals surface area contributed by atoms with Crippen molar-refractivity contribution in [2.24, 2.45) is 13.0 Å². The number of rotatable bonds is 3. The number of carbonyl (C=O) groups is 1. The van der Waals surface area contributed by atoms with Crippen molar-refractivity contribution in [2.75, 3.05) is 5.32 Å². The van der Waals surface area contributed by atoms with E-state index < -0.39 is 0 Å². The van der Waals surface area contributed by atoms with E-state index in [9.17, 15) is 9.59 Å². The SMILES string of the molecule is Cn1nc(-c2ccc(NC(=O)C3CCCC3)cc2)ccc1=O. The number of hydrogen-bond donors (Lipinski definition) is 1. The third-order valence-corrected chi connectivity index (χ3v) is 4.13. The zero-order valence-corrected chi connectivity index (χ0v) is 12.6. The number of aryl methyl sites for hydroxylation is 1. The van der Waals surface area contributed by atoms with Gasteiger partial charge in [-0.25, -0.2) is 4.68 Å². The summed E-state index contributed by atoms with van der Waals surface area (Å²) in [6.07, 6.45) is 4.28. The molecule has 1 fully saturated rings. The third kappa shape index (κ3) is 3.08. The van der Waals surface area contributed by atoms with Crippen molar-refractivity contribution in [1.29, 1.82) is 0 Å². The lowest BCUT2D eigenvalue weighted by atomic mass is 10.1. The number of carbonyl (C=O) groups excluding carboxylic acids is 1. The van der Waals surface area contributed by atoms with Crippen molar-refractivity contribution in [1.82, 2.24) is 9.78 Å². The molecule has 0 aliphatic heterocycles. The van der Waals surface area contributed by atoms with Crippen molar-refractivity contribution < 1.29 is 4.79 Å². The zero-order chi connectivity index (χ0) is 15.5. The molecule has 5 heteroatoms. The Hall–Kier alpha value is -2.43. The maximum absolute atomic E-state index is 12.1. The molecule has 1 heterocycles. The lowest BCUT2D eigenvalue weighted by Gasteiger charge is -2.11. The molecule has 114 valence electrons. The van der Waals surface area contributed by atoms with Crippen molar-refractivity contribution in [3.8, 4) is 11.3 Å². The van der Waals surface area contributed by atoms with Gasteiger partial charge in [0.2, 0.25) is 5.91 Å². The van der Waals surface area contributed by atoms with Crippen LogP contribution in [0.5, 0.6) is 0 Å². The molecule has 1 N–H and O–H groups in total. The maximum atomic E-state index is 12.1. The van der Waals surface area contributed by atoms with Crippen molar-refractivity contribution in [3.63, 3.8) is 0 Å². The number of hydrogen-bond acceptors (Lipinski definition) is 3. The van der Waals surface area contributed by atoms with Crippen LogP contribution in [0.15, 0.2) is 41.2 Å². The van der Waals surface area contributed by atoms with Gasteiger partial charge in [0.25, 0.3) is 5.56 Å². The highest BCUT2D eigenvalue weighted by Crippen LogP contribution is 2.26. The molecule has 1 aromatic carbocycles. The molecular formula is C17H19N3O2. The minimum absolute atomic E-state index is 0.116. The molecule has 1 aliphatic carbocycles. The standard InChI is InChI=1S/C17H19N3O2/c1-20-16(21)11-10-15(19-20)12-6-8-14(9-7-12)18-17(22)13-4-2-3-5-13/h6-11,13H,2-5H2,1H3,(H,18,22). The summed E-state index contributed by atoms with van der Waals surface area (Å²) < 4.78 is 1.31. The average molecular weight is 297 g/mol. The quantitative estimate of drug-likeness (QED) is 0.947. The monoisotopic (exact) mass is 297 g/mol. The van der Waals surface area contributed by atoms with E-state index in [1.54, 1.807) is 13.1 Å². The lowest BCUT2D eigenvalue weighted by molar-refractivity contribution is -0.119. The van der Waals surface area contributed by atoms with Gasteiger partial charge in [0, 0.05) is 30.3 Å². The molecule has 0 atom stereocenters. The van der Waals surface area contributed by atoms with Gasteiger partial charge in [-0.2, -0.15) is 5.10 Å². The van der Waals surface area contributed by atoms with E-state index in [1.807, 2.05) is 24.3 Å². The second-order valence-corrected chi connectivity index (χ2v) is 5.73. The highest BCUT2D eigenvalue weighted by molar-refractivity contribution is 5.92. The fourth-order valence-corrected chi connectivity index (χ4v) is 2.81. The molecule has 0 saturated heterocycles. The first-order valence-corrected chi connectivity index (χ1v) is 7.59. The van der Waals surface area contributed by atoms with Crippen molar-refractivity contribution >= 4 is 11.6 Å². The Bertz CT molecular complexity index is 728. The Morgan fingerprint density at radius 3 is 2.45 bits per heavy atom. The number of amides is 1. The van der Waals surface area contributed by atoms with E-state index in [1.165, 1.54) is 10.7 Å². The fourth-order valence-electron chi connectivity index (χ4n) is 2.81. The van der Waals surface area contributed by atoms with E-state index in [2.05, 4.69) is 10.4 Å². The smallest absolute Gasteiger partial charge is 0.266 e. The molecule has 22 heavy (non-hydrogen) atoms. The second kappa shape index (κ2) is 6.13. The Morgan fingerprint density at radius 1 is 1.14 bits per heavy atom. The normalized spacial score (nSPS) is 15.0. The molecule has 2 aromatic rings. The molecule has 5 nitrogen and oxygen atoms in total. The van der Waals surface area contributed by atoms with Crippen molar-refractivity contribution in [2.45, 2.75) is 25.7 Å². The molecule has 1 amide bonds. The van der Waals surface area contributed by atoms with Crippen LogP contribution in [0.25, 0.3) is 11.3 Å². The van der Waals surface area contributed by atoms with Crippen LogP contribution >= 0.6 is 0 Å². The summed E-state index contributed by atoms with van der Waals surface area (Å²) in [5.74, 6) is 0.274. The van der Waals surface area contributed by atoms with Gasteiger partial charge in [-0.15, -0.1) is 0 Å². The van der Waals surface area contributed by atoms with Gasteiger partial charge < -0.3 is 5.32 Å². The molecule has 1 aliphatic rings. The minimum atomic E-state index is -0.135. The Kier molecular flexibility index (Phi) is 4.04. The van der Waals surface area contributed by atoms with Crippen LogP contribution in [-0.4, -0.2) is 15.7 Å². The number of nitrogens with zero attached hydrogens (tertiary/aromatic N) is 2. The number of anilines is 1. The van der Waals surface area contributed by atoms with Crippen LogP contribution in [-0.2, 0) is 11.8 Å². The largest absolute Gasteiger partial charge is 0.326 e. The molecule has 0 bridgehead atoms. The summed E-state index contributed by atoms with van der Waals surface area (Å²) >= 11 is 0. The highest BCUT2D eigenvalue weighted by Gasteiger charge is 2.22. The molecule has 0 spiro atoms. The summed E-state index contributed by atoms with van der Waals surface area (Å²) in [4.78, 5) is 23.4. The fraction of sp³-hybridized carbons (Fsp3) is 0.353. The molecule has 1 aromatic heterocycles. The summed E-state index contributed by atoms with van der Waals surface area (Å²) in [5, 5.41) is 7.18. The van der Waals surface area contributed by atoms with Gasteiger partial charge in [-0.05, 0) is 31.0 Å². The first-order valence-electron chi connectivity index (χ1n) is 7.59. The van der Waals surface area contributed by atoms with Crippen LogP contribution in [0.1, 0.15) is 25.7 Å². The number of aromatic nitrogens is 2. The van der Waals surface area contributed by atoms with Gasteiger partial charge in [0.05, 0.1) is 5.69 Å². The van der Waals surface area contributed by atoms with E-state index in [0.717, 1.165) is 42.6 Å². The van der Waals surface area contributed by atoms with Gasteiger partial charge in [-0.1, -0.05) is 25.0 Å². The Balaban J connectivity index is 1.73. The van der Waals surface area contributed by atoms with E-state index in [4.69, 9.17) is 0 Å². The van der Waals surface area contributed by atoms with E-state index in [-0.39, 0.29) is 17.4 Å². The van der Waals surface area contributed by atoms with Crippen LogP contribution in [0.4, 0.5) is 5.69 Å². The predicted octanol–water partition coefficient (Wildman–Crippen LogP) is 2.58. The zero-order valence-electron chi connectivity index (χ0n) is 12.6. The van der Waals surface area contributed by atoms with Crippen LogP contribution in [0.2, 0.25) is 0 Å². The summed E-state index contributed by atoms with van der Waals surface area (Å²) in [6.45, 7) is 0.